The van der Waals surface area contributed by atoms with E-state index >= 15 is 0 Å². The predicted molar refractivity (Wildman–Crippen MR) is 83.6 cm³/mol. The number of hydrogen-bond acceptors (Lipinski definition) is 3. The van der Waals surface area contributed by atoms with Crippen LogP contribution in [0.4, 0.5) is 0 Å². The van der Waals surface area contributed by atoms with Gasteiger partial charge in [-0.15, -0.1) is 0 Å². The number of ketones is 1. The molecule has 2 aromatic carbocycles. The lowest BCUT2D eigenvalue weighted by atomic mass is 10.00. The summed E-state index contributed by atoms with van der Waals surface area (Å²) in [7, 11) is 3.56. The average Bonchev–Trinajstić information content (AvgIpc) is 2.53. The lowest BCUT2D eigenvalue weighted by molar-refractivity contribution is 0.103. The number of nitriles is 1. The summed E-state index contributed by atoms with van der Waals surface area (Å²) in [6, 6.07) is 19.2. The maximum absolute atomic E-state index is 12.2. The van der Waals surface area contributed by atoms with Gasteiger partial charge in [0.05, 0.1) is 0 Å². The fourth-order valence-corrected chi connectivity index (χ4v) is 2.00. The average molecular weight is 276 g/mol. The third-order valence-corrected chi connectivity index (χ3v) is 3.01. The summed E-state index contributed by atoms with van der Waals surface area (Å²) in [5, 5.41) is 9.07. The monoisotopic (exact) mass is 276 g/mol. The molecule has 0 amide bonds. The van der Waals surface area contributed by atoms with Crippen molar-refractivity contribution in [2.75, 3.05) is 14.1 Å². The Morgan fingerprint density at radius 2 is 1.57 bits per heavy atom. The van der Waals surface area contributed by atoms with Crippen LogP contribution in [0.25, 0.3) is 11.1 Å². The molecule has 3 heteroatoms. The van der Waals surface area contributed by atoms with Crippen LogP contribution < -0.4 is 0 Å². The first-order valence-electron chi connectivity index (χ1n) is 6.60. The van der Waals surface area contributed by atoms with Gasteiger partial charge < -0.3 is 4.90 Å². The van der Waals surface area contributed by atoms with E-state index in [0.29, 0.717) is 5.56 Å². The van der Waals surface area contributed by atoms with Crippen molar-refractivity contribution >= 4 is 5.78 Å². The molecular formula is C18H16N2O. The minimum absolute atomic E-state index is 0.132. The fourth-order valence-electron chi connectivity index (χ4n) is 2.00. The van der Waals surface area contributed by atoms with E-state index in [4.69, 9.17) is 5.26 Å². The van der Waals surface area contributed by atoms with Crippen LogP contribution in [0.15, 0.2) is 66.4 Å². The number of benzene rings is 2. The van der Waals surface area contributed by atoms with Crippen LogP contribution in [0.3, 0.4) is 0 Å². The number of carbonyl (C=O) groups excluding carboxylic acids is 1. The van der Waals surface area contributed by atoms with E-state index in [9.17, 15) is 4.79 Å². The summed E-state index contributed by atoms with van der Waals surface area (Å²) in [6.07, 6.45) is 1.54. The van der Waals surface area contributed by atoms with Crippen LogP contribution in [0.2, 0.25) is 0 Å². The molecule has 104 valence electrons. The molecule has 0 unspecified atom stereocenters. The normalized spacial score (nSPS) is 10.8. The second-order valence-electron chi connectivity index (χ2n) is 4.89. The number of rotatable bonds is 4. The third-order valence-electron chi connectivity index (χ3n) is 3.01. The molecule has 3 nitrogen and oxygen atoms in total. The van der Waals surface area contributed by atoms with Gasteiger partial charge in [-0.25, -0.2) is 0 Å². The summed E-state index contributed by atoms with van der Waals surface area (Å²) in [6.45, 7) is 0. The smallest absolute Gasteiger partial charge is 0.205 e. The van der Waals surface area contributed by atoms with Crippen LogP contribution in [-0.2, 0) is 0 Å². The Kier molecular flexibility index (Phi) is 4.53. The van der Waals surface area contributed by atoms with Gasteiger partial charge in [-0.1, -0.05) is 54.6 Å². The van der Waals surface area contributed by atoms with Crippen molar-refractivity contribution in [3.05, 3.63) is 71.9 Å². The van der Waals surface area contributed by atoms with Crippen LogP contribution >= 0.6 is 0 Å². The number of Topliss-reactive ketones (excluding diaryl/α,β-unsaturated/α-hetero) is 1. The van der Waals surface area contributed by atoms with E-state index in [0.717, 1.165) is 11.1 Å². The third kappa shape index (κ3) is 3.58. The van der Waals surface area contributed by atoms with E-state index in [1.165, 1.54) is 6.20 Å². The first kappa shape index (κ1) is 14.5. The highest BCUT2D eigenvalue weighted by Crippen LogP contribution is 2.20. The Balaban J connectivity index is 2.27. The van der Waals surface area contributed by atoms with Crippen molar-refractivity contribution in [3.63, 3.8) is 0 Å². The zero-order chi connectivity index (χ0) is 15.2. The maximum Gasteiger partial charge on any atom is 0.205 e. The lowest BCUT2D eigenvalue weighted by Gasteiger charge is -2.07. The Labute approximate surface area is 124 Å². The Morgan fingerprint density at radius 3 is 2.10 bits per heavy atom. The van der Waals surface area contributed by atoms with Crippen molar-refractivity contribution < 1.29 is 4.79 Å². The molecule has 21 heavy (non-hydrogen) atoms. The molecule has 0 atom stereocenters. The molecule has 0 saturated heterocycles. The van der Waals surface area contributed by atoms with Gasteiger partial charge in [0.2, 0.25) is 5.78 Å². The zero-order valence-corrected chi connectivity index (χ0v) is 12.1. The molecule has 0 saturated carbocycles. The first-order valence-corrected chi connectivity index (χ1v) is 6.60. The highest BCUT2D eigenvalue weighted by atomic mass is 16.1. The van der Waals surface area contributed by atoms with Crippen molar-refractivity contribution in [2.45, 2.75) is 0 Å². The highest BCUT2D eigenvalue weighted by molar-refractivity contribution is 6.11. The Hall–Kier alpha value is -2.86. The number of nitrogens with zero attached hydrogens (tertiary/aromatic N) is 2. The zero-order valence-electron chi connectivity index (χ0n) is 12.1. The van der Waals surface area contributed by atoms with Crippen LogP contribution in [0, 0.1) is 11.3 Å². The molecule has 0 aliphatic heterocycles. The summed E-state index contributed by atoms with van der Waals surface area (Å²) in [5.74, 6) is -0.259. The fraction of sp³-hybridized carbons (Fsp3) is 0.111. The second-order valence-corrected chi connectivity index (χ2v) is 4.89. The highest BCUT2D eigenvalue weighted by Gasteiger charge is 2.12. The van der Waals surface area contributed by atoms with Gasteiger partial charge in [0.1, 0.15) is 11.6 Å². The molecule has 0 aromatic heterocycles. The van der Waals surface area contributed by atoms with Crippen LogP contribution in [-0.4, -0.2) is 24.8 Å². The van der Waals surface area contributed by atoms with E-state index in [2.05, 4.69) is 0 Å². The minimum atomic E-state index is -0.259. The number of allylic oxidation sites excluding steroid dienone is 1. The van der Waals surface area contributed by atoms with E-state index in [-0.39, 0.29) is 11.4 Å². The Morgan fingerprint density at radius 1 is 1.00 bits per heavy atom. The summed E-state index contributed by atoms with van der Waals surface area (Å²) >= 11 is 0. The van der Waals surface area contributed by atoms with Gasteiger partial charge in [-0.3, -0.25) is 4.79 Å². The maximum atomic E-state index is 12.2. The van der Waals surface area contributed by atoms with Gasteiger partial charge in [0.15, 0.2) is 0 Å². The largest absolute Gasteiger partial charge is 0.382 e. The molecule has 0 aliphatic rings. The summed E-state index contributed by atoms with van der Waals surface area (Å²) < 4.78 is 0. The molecule has 0 bridgehead atoms. The van der Waals surface area contributed by atoms with E-state index in [1.54, 1.807) is 31.1 Å². The van der Waals surface area contributed by atoms with Crippen molar-refractivity contribution in [1.82, 2.24) is 4.90 Å². The van der Waals surface area contributed by atoms with Crippen LogP contribution in [0.1, 0.15) is 10.4 Å². The molecule has 0 aliphatic carbocycles. The van der Waals surface area contributed by atoms with E-state index < -0.39 is 0 Å². The molecule has 0 spiro atoms. The molecule has 0 fully saturated rings. The molecule has 2 rings (SSSR count). The molecule has 2 aromatic rings. The summed E-state index contributed by atoms with van der Waals surface area (Å²) in [4.78, 5) is 13.9. The quantitative estimate of drug-likeness (QED) is 0.487. The van der Waals surface area contributed by atoms with Gasteiger partial charge in [-0.2, -0.15) is 5.26 Å². The Bertz CT molecular complexity index is 692. The number of hydrogen-bond donors (Lipinski definition) is 0. The molecule has 0 radical (unpaired) electrons. The molecule has 0 N–H and O–H groups in total. The molecule has 0 heterocycles. The van der Waals surface area contributed by atoms with E-state index in [1.807, 2.05) is 48.5 Å². The van der Waals surface area contributed by atoms with Gasteiger partial charge in [0, 0.05) is 25.9 Å². The second kappa shape index (κ2) is 6.53. The topological polar surface area (TPSA) is 44.1 Å². The van der Waals surface area contributed by atoms with Gasteiger partial charge >= 0.3 is 0 Å². The van der Waals surface area contributed by atoms with Gasteiger partial charge in [0.25, 0.3) is 0 Å². The number of carbonyl (C=O) groups is 1. The first-order chi connectivity index (χ1) is 10.1. The van der Waals surface area contributed by atoms with Crippen molar-refractivity contribution in [2.24, 2.45) is 0 Å². The SMILES string of the molecule is CN(C)C=C(C#N)C(=O)c1ccc(-c2ccccc2)cc1. The van der Waals surface area contributed by atoms with Crippen molar-refractivity contribution in [1.29, 1.82) is 5.26 Å². The lowest BCUT2D eigenvalue weighted by Crippen LogP contribution is -2.08. The predicted octanol–water partition coefficient (Wildman–Crippen LogP) is 3.51. The standard InChI is InChI=1S/C18H16N2O/c1-20(2)13-17(12-19)18(21)16-10-8-15(9-11-16)14-6-4-3-5-7-14/h3-11,13H,1-2H3. The van der Waals surface area contributed by atoms with Gasteiger partial charge in [-0.05, 0) is 11.1 Å². The van der Waals surface area contributed by atoms with Crippen molar-refractivity contribution in [3.8, 4) is 17.2 Å². The molecular weight excluding hydrogens is 260 g/mol. The van der Waals surface area contributed by atoms with Crippen LogP contribution in [0.5, 0.6) is 0 Å². The minimum Gasteiger partial charge on any atom is -0.382 e. The summed E-state index contributed by atoms with van der Waals surface area (Å²) in [5.41, 5.74) is 2.79.